The lowest BCUT2D eigenvalue weighted by Gasteiger charge is -1.92. The van der Waals surface area contributed by atoms with E-state index in [1.165, 1.54) is 12.3 Å². The molecule has 0 aromatic carbocycles. The highest BCUT2D eigenvalue weighted by Gasteiger charge is 2.09. The Kier molecular flexibility index (Phi) is 2.71. The molecule has 60 valence electrons. The number of hydrogen-bond donors (Lipinski definition) is 0. The highest BCUT2D eigenvalue weighted by Crippen LogP contribution is 2.12. The van der Waals surface area contributed by atoms with Crippen molar-refractivity contribution in [2.24, 2.45) is 0 Å². The van der Waals surface area contributed by atoms with Gasteiger partial charge >= 0.3 is 0 Å². The third-order valence-electron chi connectivity index (χ3n) is 0.950. The fourth-order valence-corrected chi connectivity index (χ4v) is 1.51. The van der Waals surface area contributed by atoms with E-state index >= 15 is 0 Å². The summed E-state index contributed by atoms with van der Waals surface area (Å²) in [5, 5.41) is -0.111. The Morgan fingerprint density at radius 3 is 2.45 bits per heavy atom. The first kappa shape index (κ1) is 9.21. The summed E-state index contributed by atoms with van der Waals surface area (Å²) in [5.41, 5.74) is 0. The Balaban J connectivity index is 3.20. The minimum atomic E-state index is -3.66. The van der Waals surface area contributed by atoms with Gasteiger partial charge in [-0.15, -0.1) is 0 Å². The van der Waals surface area contributed by atoms with Gasteiger partial charge < -0.3 is 0 Å². The molecule has 0 saturated carbocycles. The molecule has 0 aliphatic carbocycles. The molecule has 3 nitrogen and oxygen atoms in total. The molecular weight excluding hydrogens is 300 g/mol. The Labute approximate surface area is 82.3 Å². The number of halogens is 2. The molecule has 0 bridgehead atoms. The highest BCUT2D eigenvalue weighted by molar-refractivity contribution is 14.1. The predicted octanol–water partition coefficient (Wildman–Crippen LogP) is 1.61. The van der Waals surface area contributed by atoms with Crippen LogP contribution in [0.15, 0.2) is 23.4 Å². The van der Waals surface area contributed by atoms with Gasteiger partial charge in [-0.25, -0.2) is 13.4 Å². The molecule has 0 N–H and O–H groups in total. The van der Waals surface area contributed by atoms with E-state index in [0.29, 0.717) is 0 Å². The lowest BCUT2D eigenvalue weighted by atomic mass is 10.5. The van der Waals surface area contributed by atoms with Crippen molar-refractivity contribution >= 4 is 42.3 Å². The summed E-state index contributed by atoms with van der Waals surface area (Å²) in [6.45, 7) is 0. The Morgan fingerprint density at radius 1 is 1.45 bits per heavy atom. The van der Waals surface area contributed by atoms with E-state index in [1.54, 1.807) is 6.07 Å². The monoisotopic (exact) mass is 303 g/mol. The average molecular weight is 304 g/mol. The van der Waals surface area contributed by atoms with E-state index in [0.717, 1.165) is 3.57 Å². The molecule has 11 heavy (non-hydrogen) atoms. The first-order valence-electron chi connectivity index (χ1n) is 2.56. The maximum atomic E-state index is 10.6. The molecule has 0 spiro atoms. The fraction of sp³-hybridized carbons (Fsp3) is 0. The Morgan fingerprint density at radius 2 is 2.09 bits per heavy atom. The molecule has 6 heteroatoms. The van der Waals surface area contributed by atoms with Crippen LogP contribution in [0.3, 0.4) is 0 Å². The van der Waals surface area contributed by atoms with Crippen molar-refractivity contribution in [1.82, 2.24) is 4.98 Å². The molecule has 0 fully saturated rings. The second-order valence-corrected chi connectivity index (χ2v) is 5.51. The van der Waals surface area contributed by atoms with E-state index in [4.69, 9.17) is 10.7 Å². The van der Waals surface area contributed by atoms with Crippen LogP contribution in [0.1, 0.15) is 0 Å². The standard InChI is InChI=1S/C5H3ClINO2S/c6-11(9,10)5-2-1-4(7)3-8-5/h1-3H. The van der Waals surface area contributed by atoms with Crippen LogP contribution in [0.2, 0.25) is 0 Å². The normalized spacial score (nSPS) is 11.5. The van der Waals surface area contributed by atoms with Gasteiger partial charge in [0.1, 0.15) is 0 Å². The fourth-order valence-electron chi connectivity index (χ4n) is 0.506. The molecule has 0 radical (unpaired) electrons. The van der Waals surface area contributed by atoms with Crippen molar-refractivity contribution in [3.63, 3.8) is 0 Å². The van der Waals surface area contributed by atoms with Gasteiger partial charge in [0, 0.05) is 20.4 Å². The molecule has 1 aromatic heterocycles. The maximum Gasteiger partial charge on any atom is 0.278 e. The second kappa shape index (κ2) is 3.24. The zero-order chi connectivity index (χ0) is 8.48. The molecule has 1 rings (SSSR count). The molecule has 1 heterocycles. The minimum Gasteiger partial charge on any atom is -0.242 e. The van der Waals surface area contributed by atoms with Crippen LogP contribution < -0.4 is 0 Å². The van der Waals surface area contributed by atoms with E-state index < -0.39 is 9.05 Å². The van der Waals surface area contributed by atoms with Gasteiger partial charge in [0.15, 0.2) is 5.03 Å². The van der Waals surface area contributed by atoms with Crippen molar-refractivity contribution in [2.45, 2.75) is 5.03 Å². The molecule has 0 atom stereocenters. The SMILES string of the molecule is O=S(=O)(Cl)c1ccc(I)cn1. The highest BCUT2D eigenvalue weighted by atomic mass is 127. The lowest BCUT2D eigenvalue weighted by molar-refractivity contribution is 0.606. The maximum absolute atomic E-state index is 10.6. The van der Waals surface area contributed by atoms with Gasteiger partial charge in [-0.3, -0.25) is 0 Å². The molecule has 1 aromatic rings. The van der Waals surface area contributed by atoms with Gasteiger partial charge in [0.25, 0.3) is 9.05 Å². The summed E-state index contributed by atoms with van der Waals surface area (Å²) in [6, 6.07) is 2.99. The average Bonchev–Trinajstić information content (AvgIpc) is 1.86. The quantitative estimate of drug-likeness (QED) is 0.585. The zero-order valence-electron chi connectivity index (χ0n) is 5.16. The van der Waals surface area contributed by atoms with E-state index in [2.05, 4.69) is 4.98 Å². The summed E-state index contributed by atoms with van der Waals surface area (Å²) < 4.78 is 22.2. The first-order valence-corrected chi connectivity index (χ1v) is 5.95. The largest absolute Gasteiger partial charge is 0.278 e. The molecule has 0 amide bonds. The van der Waals surface area contributed by atoms with Crippen LogP contribution >= 0.6 is 33.3 Å². The molecule has 0 unspecified atom stereocenters. The van der Waals surface area contributed by atoms with Crippen LogP contribution in [0, 0.1) is 3.57 Å². The summed E-state index contributed by atoms with van der Waals surface area (Å²) >= 11 is 2.02. The van der Waals surface area contributed by atoms with E-state index in [9.17, 15) is 8.42 Å². The van der Waals surface area contributed by atoms with Gasteiger partial charge in [-0.05, 0) is 34.7 Å². The number of rotatable bonds is 1. The number of aromatic nitrogens is 1. The summed E-state index contributed by atoms with van der Waals surface area (Å²) in [4.78, 5) is 3.62. The van der Waals surface area contributed by atoms with Gasteiger partial charge in [0.05, 0.1) is 0 Å². The van der Waals surface area contributed by atoms with Crippen LogP contribution in [-0.4, -0.2) is 13.4 Å². The number of pyridine rings is 1. The van der Waals surface area contributed by atoms with Crippen molar-refractivity contribution in [3.05, 3.63) is 21.9 Å². The first-order chi connectivity index (χ1) is 5.00. The van der Waals surface area contributed by atoms with Crippen LogP contribution in [0.4, 0.5) is 0 Å². The van der Waals surface area contributed by atoms with Crippen molar-refractivity contribution in [1.29, 1.82) is 0 Å². The van der Waals surface area contributed by atoms with E-state index in [1.807, 2.05) is 22.6 Å². The van der Waals surface area contributed by atoms with Crippen molar-refractivity contribution in [2.75, 3.05) is 0 Å². The molecular formula is C5H3ClINO2S. The smallest absolute Gasteiger partial charge is 0.242 e. The summed E-state index contributed by atoms with van der Waals surface area (Å²) in [7, 11) is 1.36. The minimum absolute atomic E-state index is 0.111. The second-order valence-electron chi connectivity index (χ2n) is 1.75. The van der Waals surface area contributed by atoms with Crippen LogP contribution in [-0.2, 0) is 9.05 Å². The zero-order valence-corrected chi connectivity index (χ0v) is 8.89. The Bertz CT molecular complexity index is 347. The summed E-state index contributed by atoms with van der Waals surface area (Å²) in [5.74, 6) is 0. The van der Waals surface area contributed by atoms with Gasteiger partial charge in [-0.2, -0.15) is 0 Å². The van der Waals surface area contributed by atoms with Crippen LogP contribution in [0.5, 0.6) is 0 Å². The Hall–Kier alpha value is 0.120. The van der Waals surface area contributed by atoms with Gasteiger partial charge in [0.2, 0.25) is 0 Å². The van der Waals surface area contributed by atoms with E-state index in [-0.39, 0.29) is 5.03 Å². The van der Waals surface area contributed by atoms with Crippen molar-refractivity contribution in [3.8, 4) is 0 Å². The molecule has 0 aliphatic heterocycles. The molecule has 0 aliphatic rings. The van der Waals surface area contributed by atoms with Crippen LogP contribution in [0.25, 0.3) is 0 Å². The molecule has 0 saturated heterocycles. The number of hydrogen-bond acceptors (Lipinski definition) is 3. The van der Waals surface area contributed by atoms with Crippen molar-refractivity contribution < 1.29 is 8.42 Å². The summed E-state index contributed by atoms with van der Waals surface area (Å²) in [6.07, 6.45) is 1.44. The third-order valence-corrected chi connectivity index (χ3v) is 2.80. The predicted molar refractivity (Wildman–Crippen MR) is 50.0 cm³/mol. The number of nitrogens with zero attached hydrogens (tertiary/aromatic N) is 1. The lowest BCUT2D eigenvalue weighted by Crippen LogP contribution is -1.93. The third kappa shape index (κ3) is 2.57. The van der Waals surface area contributed by atoms with Gasteiger partial charge in [-0.1, -0.05) is 0 Å². The topological polar surface area (TPSA) is 47.0 Å².